The minimum atomic E-state index is -0.247. The van der Waals surface area contributed by atoms with Gasteiger partial charge in [0.25, 0.3) is 0 Å². The Morgan fingerprint density at radius 3 is 2.12 bits per heavy atom. The Labute approximate surface area is 105 Å². The number of nitrogens with zero attached hydrogens (tertiary/aromatic N) is 1. The molecule has 3 nitrogen and oxygen atoms in total. The minimum absolute atomic E-state index is 0.170. The number of carbonyl (C=O) groups is 1. The van der Waals surface area contributed by atoms with E-state index in [-0.39, 0.29) is 11.9 Å². The zero-order valence-electron chi connectivity index (χ0n) is 11.6. The SMILES string of the molecule is CC1(C)CC(N2CCC(N)C2=O)CC(C)(C)C1. The predicted octanol–water partition coefficient (Wildman–Crippen LogP) is 2.15. The predicted molar refractivity (Wildman–Crippen MR) is 69.5 cm³/mol. The first-order valence-electron chi connectivity index (χ1n) is 6.76. The van der Waals surface area contributed by atoms with Crippen LogP contribution in [0.25, 0.3) is 0 Å². The van der Waals surface area contributed by atoms with Crippen LogP contribution in [-0.4, -0.2) is 29.4 Å². The fraction of sp³-hybridized carbons (Fsp3) is 0.929. The van der Waals surface area contributed by atoms with Gasteiger partial charge in [-0.2, -0.15) is 0 Å². The topological polar surface area (TPSA) is 46.3 Å². The minimum Gasteiger partial charge on any atom is -0.338 e. The van der Waals surface area contributed by atoms with Crippen molar-refractivity contribution in [3.63, 3.8) is 0 Å². The Balaban J connectivity index is 2.14. The van der Waals surface area contributed by atoms with Crippen molar-refractivity contribution in [2.75, 3.05) is 6.54 Å². The van der Waals surface area contributed by atoms with Crippen LogP contribution in [0.1, 0.15) is 53.4 Å². The van der Waals surface area contributed by atoms with Crippen LogP contribution in [-0.2, 0) is 4.79 Å². The lowest BCUT2D eigenvalue weighted by Gasteiger charge is -2.47. The van der Waals surface area contributed by atoms with Crippen LogP contribution in [0.4, 0.5) is 0 Å². The summed E-state index contributed by atoms with van der Waals surface area (Å²) in [7, 11) is 0. The van der Waals surface area contributed by atoms with E-state index >= 15 is 0 Å². The van der Waals surface area contributed by atoms with E-state index in [1.54, 1.807) is 0 Å². The van der Waals surface area contributed by atoms with Crippen LogP contribution in [0.2, 0.25) is 0 Å². The van der Waals surface area contributed by atoms with Crippen LogP contribution in [0, 0.1) is 10.8 Å². The lowest BCUT2D eigenvalue weighted by Crippen LogP contribution is -2.48. The average molecular weight is 238 g/mol. The van der Waals surface area contributed by atoms with Crippen molar-refractivity contribution >= 4 is 5.91 Å². The molecule has 98 valence electrons. The molecule has 17 heavy (non-hydrogen) atoms. The third-order valence-corrected chi connectivity index (χ3v) is 4.26. The Hall–Kier alpha value is -0.570. The van der Waals surface area contributed by atoms with Crippen LogP contribution in [0.15, 0.2) is 0 Å². The molecule has 1 atom stereocenters. The maximum atomic E-state index is 12.0. The van der Waals surface area contributed by atoms with Crippen molar-refractivity contribution < 1.29 is 4.79 Å². The molecule has 1 heterocycles. The van der Waals surface area contributed by atoms with E-state index in [0.717, 1.165) is 25.8 Å². The second-order valence-corrected chi connectivity index (χ2v) is 7.49. The van der Waals surface area contributed by atoms with Gasteiger partial charge in [0.05, 0.1) is 6.04 Å². The largest absolute Gasteiger partial charge is 0.338 e. The smallest absolute Gasteiger partial charge is 0.239 e. The number of hydrogen-bond donors (Lipinski definition) is 1. The van der Waals surface area contributed by atoms with Gasteiger partial charge in [-0.15, -0.1) is 0 Å². The summed E-state index contributed by atoms with van der Waals surface area (Å²) in [6, 6.07) is 0.151. The molecular formula is C14H26N2O. The van der Waals surface area contributed by atoms with Crippen molar-refractivity contribution in [1.82, 2.24) is 4.90 Å². The number of amides is 1. The number of hydrogen-bond acceptors (Lipinski definition) is 2. The first-order chi connectivity index (χ1) is 7.70. The summed E-state index contributed by atoms with van der Waals surface area (Å²) >= 11 is 0. The zero-order chi connectivity index (χ0) is 12.8. The van der Waals surface area contributed by atoms with E-state index in [4.69, 9.17) is 5.73 Å². The Kier molecular flexibility index (Phi) is 3.01. The third-order valence-electron chi connectivity index (χ3n) is 4.26. The van der Waals surface area contributed by atoms with Gasteiger partial charge in [-0.3, -0.25) is 4.79 Å². The highest BCUT2D eigenvalue weighted by Crippen LogP contribution is 2.47. The Bertz CT molecular complexity index is 306. The van der Waals surface area contributed by atoms with E-state index in [1.165, 1.54) is 6.42 Å². The summed E-state index contributed by atoms with van der Waals surface area (Å²) in [6.07, 6.45) is 4.31. The van der Waals surface area contributed by atoms with Crippen LogP contribution in [0.5, 0.6) is 0 Å². The molecule has 1 aliphatic carbocycles. The highest BCUT2D eigenvalue weighted by atomic mass is 16.2. The molecule has 3 heteroatoms. The van der Waals surface area contributed by atoms with Gasteiger partial charge in [0.1, 0.15) is 0 Å². The average Bonchev–Trinajstić information content (AvgIpc) is 2.42. The quantitative estimate of drug-likeness (QED) is 0.761. The highest BCUT2D eigenvalue weighted by Gasteiger charge is 2.43. The molecule has 2 fully saturated rings. The van der Waals surface area contributed by atoms with E-state index < -0.39 is 0 Å². The van der Waals surface area contributed by atoms with E-state index in [2.05, 4.69) is 27.7 Å². The van der Waals surface area contributed by atoms with Crippen molar-refractivity contribution in [3.8, 4) is 0 Å². The van der Waals surface area contributed by atoms with E-state index in [0.29, 0.717) is 16.9 Å². The molecule has 0 aromatic carbocycles. The first kappa shape index (κ1) is 12.9. The van der Waals surface area contributed by atoms with E-state index in [1.807, 2.05) is 4.90 Å². The molecule has 2 rings (SSSR count). The molecule has 0 aromatic heterocycles. The van der Waals surface area contributed by atoms with Gasteiger partial charge < -0.3 is 10.6 Å². The van der Waals surface area contributed by atoms with Gasteiger partial charge in [0.2, 0.25) is 5.91 Å². The summed E-state index contributed by atoms with van der Waals surface area (Å²) in [6.45, 7) is 10.1. The van der Waals surface area contributed by atoms with Crippen LogP contribution < -0.4 is 5.73 Å². The van der Waals surface area contributed by atoms with Crippen molar-refractivity contribution in [3.05, 3.63) is 0 Å². The molecule has 1 unspecified atom stereocenters. The molecule has 2 N–H and O–H groups in total. The van der Waals surface area contributed by atoms with E-state index in [9.17, 15) is 4.79 Å². The summed E-state index contributed by atoms with van der Waals surface area (Å²) < 4.78 is 0. The zero-order valence-corrected chi connectivity index (χ0v) is 11.6. The first-order valence-corrected chi connectivity index (χ1v) is 6.76. The number of carbonyl (C=O) groups excluding carboxylic acids is 1. The van der Waals surface area contributed by atoms with Crippen LogP contribution >= 0.6 is 0 Å². The van der Waals surface area contributed by atoms with Gasteiger partial charge in [-0.1, -0.05) is 27.7 Å². The molecule has 1 saturated carbocycles. The Morgan fingerprint density at radius 2 is 1.71 bits per heavy atom. The fourth-order valence-corrected chi connectivity index (χ4v) is 4.10. The normalized spacial score (nSPS) is 33.1. The fourth-order valence-electron chi connectivity index (χ4n) is 4.10. The number of likely N-dealkylation sites (tertiary alicyclic amines) is 1. The van der Waals surface area contributed by atoms with Crippen molar-refractivity contribution in [2.45, 2.75) is 65.5 Å². The number of nitrogens with two attached hydrogens (primary N) is 1. The standard InChI is InChI=1S/C14H26N2O/c1-13(2)7-10(8-14(3,4)9-13)16-6-5-11(15)12(16)17/h10-11H,5-9,15H2,1-4H3. The second-order valence-electron chi connectivity index (χ2n) is 7.49. The lowest BCUT2D eigenvalue weighted by atomic mass is 9.63. The maximum Gasteiger partial charge on any atom is 0.239 e. The molecule has 2 aliphatic rings. The molecule has 0 bridgehead atoms. The summed E-state index contributed by atoms with van der Waals surface area (Å²) in [4.78, 5) is 14.1. The van der Waals surface area contributed by atoms with Gasteiger partial charge >= 0.3 is 0 Å². The van der Waals surface area contributed by atoms with Crippen LogP contribution in [0.3, 0.4) is 0 Å². The molecular weight excluding hydrogens is 212 g/mol. The molecule has 1 aliphatic heterocycles. The van der Waals surface area contributed by atoms with Gasteiger partial charge in [-0.25, -0.2) is 0 Å². The highest BCUT2D eigenvalue weighted by molar-refractivity contribution is 5.84. The number of rotatable bonds is 1. The molecule has 0 aromatic rings. The Morgan fingerprint density at radius 1 is 1.18 bits per heavy atom. The van der Waals surface area contributed by atoms with Gasteiger partial charge in [-0.05, 0) is 36.5 Å². The second kappa shape index (κ2) is 3.98. The summed E-state index contributed by atoms with van der Waals surface area (Å²) in [5.41, 5.74) is 6.48. The molecule has 1 saturated heterocycles. The summed E-state index contributed by atoms with van der Waals surface area (Å²) in [5, 5.41) is 0. The van der Waals surface area contributed by atoms with Gasteiger partial charge in [0, 0.05) is 12.6 Å². The third kappa shape index (κ3) is 2.65. The lowest BCUT2D eigenvalue weighted by molar-refractivity contribution is -0.133. The molecule has 0 radical (unpaired) electrons. The van der Waals surface area contributed by atoms with Crippen molar-refractivity contribution in [2.24, 2.45) is 16.6 Å². The van der Waals surface area contributed by atoms with Gasteiger partial charge in [0.15, 0.2) is 0 Å². The molecule has 1 amide bonds. The summed E-state index contributed by atoms with van der Waals surface area (Å²) in [5.74, 6) is 0.170. The monoisotopic (exact) mass is 238 g/mol. The molecule has 0 spiro atoms. The maximum absolute atomic E-state index is 12.0. The van der Waals surface area contributed by atoms with Crippen molar-refractivity contribution in [1.29, 1.82) is 0 Å².